The van der Waals surface area contributed by atoms with Crippen molar-refractivity contribution in [2.45, 2.75) is 19.9 Å². The fourth-order valence-corrected chi connectivity index (χ4v) is 2.99. The van der Waals surface area contributed by atoms with Crippen LogP contribution >= 0.6 is 0 Å². The van der Waals surface area contributed by atoms with Crippen LogP contribution in [0.1, 0.15) is 21.8 Å². The summed E-state index contributed by atoms with van der Waals surface area (Å²) in [5, 5.41) is 3.86. The van der Waals surface area contributed by atoms with E-state index in [1.54, 1.807) is 6.92 Å². The second-order valence-electron chi connectivity index (χ2n) is 5.90. The molecule has 1 amide bonds. The molecule has 3 rings (SSSR count). The van der Waals surface area contributed by atoms with Crippen molar-refractivity contribution < 1.29 is 9.32 Å². The molecular weight excluding hydrogens is 256 g/mol. The number of aryl methyl sites for hydroxylation is 2. The molecule has 0 radical (unpaired) electrons. The van der Waals surface area contributed by atoms with E-state index < -0.39 is 0 Å². The van der Waals surface area contributed by atoms with Crippen LogP contribution in [-0.4, -0.2) is 78.1 Å². The quantitative estimate of drug-likeness (QED) is 0.782. The molecule has 3 heterocycles. The molecule has 6 nitrogen and oxygen atoms in total. The van der Waals surface area contributed by atoms with E-state index in [4.69, 9.17) is 4.52 Å². The maximum absolute atomic E-state index is 12.4. The number of amides is 1. The molecule has 110 valence electrons. The number of hydrogen-bond acceptors (Lipinski definition) is 5. The highest BCUT2D eigenvalue weighted by Gasteiger charge is 2.37. The summed E-state index contributed by atoms with van der Waals surface area (Å²) >= 11 is 0. The van der Waals surface area contributed by atoms with Gasteiger partial charge in [-0.2, -0.15) is 0 Å². The largest absolute Gasteiger partial charge is 0.361 e. The van der Waals surface area contributed by atoms with Gasteiger partial charge in [-0.3, -0.25) is 9.69 Å². The van der Waals surface area contributed by atoms with Gasteiger partial charge in [0.2, 0.25) is 0 Å². The van der Waals surface area contributed by atoms with Crippen molar-refractivity contribution in [3.63, 3.8) is 0 Å². The summed E-state index contributed by atoms with van der Waals surface area (Å²) in [6.45, 7) is 9.72. The van der Waals surface area contributed by atoms with Crippen molar-refractivity contribution in [2.75, 3.05) is 46.3 Å². The van der Waals surface area contributed by atoms with Crippen molar-refractivity contribution in [1.82, 2.24) is 19.9 Å². The summed E-state index contributed by atoms with van der Waals surface area (Å²) in [7, 11) is 2.16. The minimum absolute atomic E-state index is 0.0617. The molecule has 1 aromatic rings. The Kier molecular flexibility index (Phi) is 3.52. The van der Waals surface area contributed by atoms with Crippen LogP contribution in [0.3, 0.4) is 0 Å². The van der Waals surface area contributed by atoms with Crippen molar-refractivity contribution in [3.05, 3.63) is 17.0 Å². The first-order valence-electron chi connectivity index (χ1n) is 7.21. The number of likely N-dealkylation sites (tertiary alicyclic amines) is 1. The number of likely N-dealkylation sites (N-methyl/N-ethyl adjacent to an activating group) is 1. The molecular formula is C14H22N4O2. The number of carbonyl (C=O) groups is 1. The van der Waals surface area contributed by atoms with Crippen LogP contribution in [0.5, 0.6) is 0 Å². The predicted octanol–water partition coefficient (Wildman–Crippen LogP) is 0.363. The van der Waals surface area contributed by atoms with Gasteiger partial charge in [0.05, 0.1) is 5.69 Å². The molecule has 0 aromatic carbocycles. The average Bonchev–Trinajstić information content (AvgIpc) is 2.69. The SMILES string of the molecule is Cc1noc(C)c1C(=O)N1CC(N2CCN(C)CC2)C1. The summed E-state index contributed by atoms with van der Waals surface area (Å²) < 4.78 is 5.08. The molecule has 6 heteroatoms. The third-order valence-corrected chi connectivity index (χ3v) is 4.45. The molecule has 2 aliphatic heterocycles. The molecule has 2 saturated heterocycles. The van der Waals surface area contributed by atoms with Crippen LogP contribution < -0.4 is 0 Å². The van der Waals surface area contributed by atoms with E-state index in [1.165, 1.54) is 0 Å². The van der Waals surface area contributed by atoms with Gasteiger partial charge >= 0.3 is 0 Å². The second kappa shape index (κ2) is 5.18. The van der Waals surface area contributed by atoms with Gasteiger partial charge in [-0.25, -0.2) is 0 Å². The van der Waals surface area contributed by atoms with Gasteiger partial charge in [-0.15, -0.1) is 0 Å². The number of nitrogens with zero attached hydrogens (tertiary/aromatic N) is 4. The first kappa shape index (κ1) is 13.6. The molecule has 0 saturated carbocycles. The Morgan fingerprint density at radius 1 is 1.20 bits per heavy atom. The van der Waals surface area contributed by atoms with Gasteiger partial charge in [0.25, 0.3) is 5.91 Å². The lowest BCUT2D eigenvalue weighted by Crippen LogP contribution is -2.64. The minimum Gasteiger partial charge on any atom is -0.361 e. The topological polar surface area (TPSA) is 52.8 Å². The van der Waals surface area contributed by atoms with Gasteiger partial charge < -0.3 is 14.3 Å². The standard InChI is InChI=1S/C14H22N4O2/c1-10-13(11(2)20-15-10)14(19)18-8-12(9-18)17-6-4-16(3)5-7-17/h12H,4-9H2,1-3H3. The van der Waals surface area contributed by atoms with E-state index in [0.29, 0.717) is 23.1 Å². The van der Waals surface area contributed by atoms with Crippen LogP contribution in [0.25, 0.3) is 0 Å². The van der Waals surface area contributed by atoms with Crippen molar-refractivity contribution in [1.29, 1.82) is 0 Å². The number of aromatic nitrogens is 1. The average molecular weight is 278 g/mol. The predicted molar refractivity (Wildman–Crippen MR) is 74.7 cm³/mol. The normalized spacial score (nSPS) is 22.1. The van der Waals surface area contributed by atoms with E-state index in [1.807, 2.05) is 11.8 Å². The van der Waals surface area contributed by atoms with Gasteiger partial charge in [0.15, 0.2) is 0 Å². The maximum Gasteiger partial charge on any atom is 0.259 e. The fraction of sp³-hybridized carbons (Fsp3) is 0.714. The number of rotatable bonds is 2. The molecule has 0 spiro atoms. The number of piperazine rings is 1. The Balaban J connectivity index is 1.57. The molecule has 0 bridgehead atoms. The smallest absolute Gasteiger partial charge is 0.259 e. The molecule has 1 aromatic heterocycles. The molecule has 2 fully saturated rings. The molecule has 0 unspecified atom stereocenters. The molecule has 0 atom stereocenters. The summed E-state index contributed by atoms with van der Waals surface area (Å²) in [5.41, 5.74) is 1.33. The van der Waals surface area contributed by atoms with E-state index in [0.717, 1.165) is 39.3 Å². The first-order valence-corrected chi connectivity index (χ1v) is 7.21. The Bertz CT molecular complexity index is 480. The van der Waals surface area contributed by atoms with E-state index >= 15 is 0 Å². The van der Waals surface area contributed by atoms with Crippen LogP contribution in [0.4, 0.5) is 0 Å². The Morgan fingerprint density at radius 2 is 1.85 bits per heavy atom. The third kappa shape index (κ3) is 2.33. The second-order valence-corrected chi connectivity index (χ2v) is 5.90. The molecule has 0 N–H and O–H groups in total. The summed E-state index contributed by atoms with van der Waals surface area (Å²) in [5.74, 6) is 0.683. The Hall–Kier alpha value is -1.40. The zero-order valence-electron chi connectivity index (χ0n) is 12.4. The van der Waals surface area contributed by atoms with Crippen molar-refractivity contribution in [2.24, 2.45) is 0 Å². The fourth-order valence-electron chi connectivity index (χ4n) is 2.99. The monoisotopic (exact) mass is 278 g/mol. The van der Waals surface area contributed by atoms with E-state index in [9.17, 15) is 4.79 Å². The van der Waals surface area contributed by atoms with Crippen LogP contribution in [0.2, 0.25) is 0 Å². The lowest BCUT2D eigenvalue weighted by molar-refractivity contribution is 0.0109. The Morgan fingerprint density at radius 3 is 2.40 bits per heavy atom. The zero-order chi connectivity index (χ0) is 14.3. The van der Waals surface area contributed by atoms with Gasteiger partial charge in [0, 0.05) is 45.3 Å². The van der Waals surface area contributed by atoms with Gasteiger partial charge in [-0.1, -0.05) is 5.16 Å². The van der Waals surface area contributed by atoms with E-state index in [-0.39, 0.29) is 5.91 Å². The highest BCUT2D eigenvalue weighted by Crippen LogP contribution is 2.22. The first-order chi connectivity index (χ1) is 9.56. The Labute approximate surface area is 119 Å². The van der Waals surface area contributed by atoms with Crippen molar-refractivity contribution in [3.8, 4) is 0 Å². The highest BCUT2D eigenvalue weighted by atomic mass is 16.5. The number of hydrogen-bond donors (Lipinski definition) is 0. The lowest BCUT2D eigenvalue weighted by atomic mass is 10.0. The van der Waals surface area contributed by atoms with Gasteiger partial charge in [0.1, 0.15) is 11.3 Å². The van der Waals surface area contributed by atoms with Crippen LogP contribution in [0.15, 0.2) is 4.52 Å². The number of carbonyl (C=O) groups excluding carboxylic acids is 1. The molecule has 2 aliphatic rings. The third-order valence-electron chi connectivity index (χ3n) is 4.45. The molecule has 0 aliphatic carbocycles. The minimum atomic E-state index is 0.0617. The zero-order valence-corrected chi connectivity index (χ0v) is 12.4. The summed E-state index contributed by atoms with van der Waals surface area (Å²) in [6, 6.07) is 0.521. The lowest BCUT2D eigenvalue weighted by Gasteiger charge is -2.47. The maximum atomic E-state index is 12.4. The van der Waals surface area contributed by atoms with Crippen LogP contribution in [-0.2, 0) is 0 Å². The highest BCUT2D eigenvalue weighted by molar-refractivity contribution is 5.96. The van der Waals surface area contributed by atoms with Crippen molar-refractivity contribution >= 4 is 5.91 Å². The van der Waals surface area contributed by atoms with Gasteiger partial charge in [-0.05, 0) is 20.9 Å². The van der Waals surface area contributed by atoms with E-state index in [2.05, 4.69) is 22.0 Å². The summed E-state index contributed by atoms with van der Waals surface area (Å²) in [6.07, 6.45) is 0. The molecule has 20 heavy (non-hydrogen) atoms. The van der Waals surface area contributed by atoms with Crippen LogP contribution in [0, 0.1) is 13.8 Å². The summed E-state index contributed by atoms with van der Waals surface area (Å²) in [4.78, 5) is 19.2.